The Morgan fingerprint density at radius 1 is 1.14 bits per heavy atom. The minimum absolute atomic E-state index is 0.169. The van der Waals surface area contributed by atoms with Gasteiger partial charge < -0.3 is 10.1 Å². The zero-order chi connectivity index (χ0) is 20.4. The molecular weight excluding hydrogens is 394 g/mol. The Labute approximate surface area is 170 Å². The Hall–Kier alpha value is -3.65. The van der Waals surface area contributed by atoms with Crippen LogP contribution in [0.4, 0.5) is 5.69 Å². The highest BCUT2D eigenvalue weighted by atomic mass is 35.5. The summed E-state index contributed by atoms with van der Waals surface area (Å²) in [5.74, 6) is 0.366. The van der Waals surface area contributed by atoms with Crippen molar-refractivity contribution in [3.05, 3.63) is 76.4 Å². The number of anilines is 1. The normalized spacial score (nSPS) is 10.8. The Morgan fingerprint density at radius 2 is 1.86 bits per heavy atom. The summed E-state index contributed by atoms with van der Waals surface area (Å²) in [6, 6.07) is 13.9. The fraction of sp³-hybridized carbons (Fsp3) is 0.100. The lowest BCUT2D eigenvalue weighted by Crippen LogP contribution is -2.27. The molecule has 9 heteroatoms. The summed E-state index contributed by atoms with van der Waals surface area (Å²) in [5, 5.41) is 7.88. The van der Waals surface area contributed by atoms with Crippen LogP contribution >= 0.6 is 11.6 Å². The lowest BCUT2D eigenvalue weighted by atomic mass is 10.3. The third-order valence-electron chi connectivity index (χ3n) is 4.31. The van der Waals surface area contributed by atoms with Gasteiger partial charge in [-0.15, -0.1) is 0 Å². The van der Waals surface area contributed by atoms with Crippen molar-refractivity contribution in [1.29, 1.82) is 0 Å². The molecule has 2 aromatic heterocycles. The zero-order valence-corrected chi connectivity index (χ0v) is 16.1. The van der Waals surface area contributed by atoms with Crippen molar-refractivity contribution >= 4 is 34.2 Å². The van der Waals surface area contributed by atoms with E-state index in [9.17, 15) is 9.59 Å². The van der Waals surface area contributed by atoms with Crippen LogP contribution in [0.1, 0.15) is 0 Å². The second kappa shape index (κ2) is 7.76. The van der Waals surface area contributed by atoms with Gasteiger partial charge in [0.05, 0.1) is 19.0 Å². The number of rotatable bonds is 5. The lowest BCUT2D eigenvalue weighted by Gasteiger charge is -2.08. The molecule has 2 heterocycles. The number of aromatic nitrogens is 4. The highest BCUT2D eigenvalue weighted by Gasteiger charge is 2.13. The molecule has 0 aliphatic rings. The molecule has 0 spiro atoms. The van der Waals surface area contributed by atoms with Gasteiger partial charge in [0.25, 0.3) is 5.56 Å². The first-order valence-corrected chi connectivity index (χ1v) is 9.06. The summed E-state index contributed by atoms with van der Waals surface area (Å²) in [7, 11) is 1.59. The van der Waals surface area contributed by atoms with Crippen LogP contribution in [-0.4, -0.2) is 32.3 Å². The molecule has 0 bridgehead atoms. The second-order valence-corrected chi connectivity index (χ2v) is 6.66. The molecule has 0 fully saturated rings. The molecule has 2 aromatic carbocycles. The average molecular weight is 410 g/mol. The first-order chi connectivity index (χ1) is 14.0. The molecule has 1 amide bonds. The third-order valence-corrected chi connectivity index (χ3v) is 4.57. The van der Waals surface area contributed by atoms with Crippen LogP contribution in [0, 0.1) is 0 Å². The van der Waals surface area contributed by atoms with Crippen molar-refractivity contribution in [2.75, 3.05) is 12.4 Å². The van der Waals surface area contributed by atoms with E-state index in [2.05, 4.69) is 15.4 Å². The number of halogens is 1. The van der Waals surface area contributed by atoms with Crippen LogP contribution in [0.5, 0.6) is 5.75 Å². The topological polar surface area (TPSA) is 91.0 Å². The fourth-order valence-corrected chi connectivity index (χ4v) is 2.99. The van der Waals surface area contributed by atoms with Crippen LogP contribution in [0.15, 0.2) is 65.8 Å². The summed E-state index contributed by atoms with van der Waals surface area (Å²) in [4.78, 5) is 29.4. The molecule has 0 unspecified atom stereocenters. The number of nitrogens with zero attached hydrogens (tertiary/aromatic N) is 4. The molecule has 0 atom stereocenters. The van der Waals surface area contributed by atoms with Crippen molar-refractivity contribution < 1.29 is 9.53 Å². The van der Waals surface area contributed by atoms with Gasteiger partial charge in [-0.2, -0.15) is 5.10 Å². The number of benzene rings is 2. The van der Waals surface area contributed by atoms with Crippen LogP contribution in [0.3, 0.4) is 0 Å². The van der Waals surface area contributed by atoms with Crippen LogP contribution in [-0.2, 0) is 11.3 Å². The van der Waals surface area contributed by atoms with Gasteiger partial charge in [-0.25, -0.2) is 9.67 Å². The summed E-state index contributed by atoms with van der Waals surface area (Å²) < 4.78 is 7.96. The number of carbonyl (C=O) groups is 1. The average Bonchev–Trinajstić information content (AvgIpc) is 3.17. The summed E-state index contributed by atoms with van der Waals surface area (Å²) >= 11 is 5.84. The number of hydrogen-bond acceptors (Lipinski definition) is 5. The van der Waals surface area contributed by atoms with Crippen molar-refractivity contribution in [3.8, 4) is 11.4 Å². The molecule has 0 aliphatic heterocycles. The Balaban J connectivity index is 1.58. The Morgan fingerprint density at radius 3 is 2.55 bits per heavy atom. The van der Waals surface area contributed by atoms with Crippen LogP contribution in [0.25, 0.3) is 16.7 Å². The number of carbonyl (C=O) groups excluding carboxylic acids is 1. The van der Waals surface area contributed by atoms with Crippen molar-refractivity contribution in [2.45, 2.75) is 6.54 Å². The lowest BCUT2D eigenvalue weighted by molar-refractivity contribution is -0.116. The predicted octanol–water partition coefficient (Wildman–Crippen LogP) is 2.88. The summed E-state index contributed by atoms with van der Waals surface area (Å²) in [6.07, 6.45) is 2.79. The molecule has 8 nitrogen and oxygen atoms in total. The maximum absolute atomic E-state index is 12.8. The van der Waals surface area contributed by atoms with Gasteiger partial charge in [-0.3, -0.25) is 14.2 Å². The predicted molar refractivity (Wildman–Crippen MR) is 110 cm³/mol. The Kier molecular flexibility index (Phi) is 5.01. The van der Waals surface area contributed by atoms with Crippen LogP contribution in [0.2, 0.25) is 5.02 Å². The van der Waals surface area contributed by atoms with E-state index in [1.165, 1.54) is 17.1 Å². The maximum atomic E-state index is 12.8. The first-order valence-electron chi connectivity index (χ1n) is 8.68. The molecule has 4 aromatic rings. The molecule has 0 aliphatic carbocycles. The van der Waals surface area contributed by atoms with Gasteiger partial charge in [0.1, 0.15) is 24.0 Å². The van der Waals surface area contributed by atoms with Crippen LogP contribution < -0.4 is 15.6 Å². The molecule has 0 saturated carbocycles. The van der Waals surface area contributed by atoms with Gasteiger partial charge in [-0.05, 0) is 48.5 Å². The van der Waals surface area contributed by atoms with Crippen molar-refractivity contribution in [3.63, 3.8) is 0 Å². The van der Waals surface area contributed by atoms with Gasteiger partial charge in [-0.1, -0.05) is 11.6 Å². The van der Waals surface area contributed by atoms with Gasteiger partial charge >= 0.3 is 0 Å². The second-order valence-electron chi connectivity index (χ2n) is 6.22. The van der Waals surface area contributed by atoms with E-state index in [0.29, 0.717) is 27.5 Å². The maximum Gasteiger partial charge on any atom is 0.264 e. The molecule has 29 heavy (non-hydrogen) atoms. The van der Waals surface area contributed by atoms with E-state index in [1.54, 1.807) is 48.2 Å². The van der Waals surface area contributed by atoms with Gasteiger partial charge in [0, 0.05) is 10.7 Å². The number of methoxy groups -OCH3 is 1. The third kappa shape index (κ3) is 3.83. The van der Waals surface area contributed by atoms with Gasteiger partial charge in [0.2, 0.25) is 5.91 Å². The standard InChI is InChI=1S/C20H16ClN5O3/c1-29-16-8-6-15(7-9-16)26-19-17(10-23-26)20(28)25(12-22-19)11-18(27)24-14-4-2-13(21)3-5-14/h2-10,12H,11H2,1H3,(H,24,27). The quantitative estimate of drug-likeness (QED) is 0.547. The van der Waals surface area contributed by atoms with Crippen molar-refractivity contribution in [1.82, 2.24) is 19.3 Å². The summed E-state index contributed by atoms with van der Waals surface area (Å²) in [5.41, 5.74) is 1.40. The number of hydrogen-bond donors (Lipinski definition) is 1. The van der Waals surface area contributed by atoms with E-state index in [1.807, 2.05) is 12.1 Å². The number of fused-ring (bicyclic) bond motifs is 1. The minimum Gasteiger partial charge on any atom is -0.497 e. The highest BCUT2D eigenvalue weighted by Crippen LogP contribution is 2.17. The molecule has 146 valence electrons. The first kappa shape index (κ1) is 18.7. The number of amides is 1. The van der Waals surface area contributed by atoms with E-state index in [-0.39, 0.29) is 18.0 Å². The molecular formula is C20H16ClN5O3. The largest absolute Gasteiger partial charge is 0.497 e. The Bertz CT molecular complexity index is 1230. The molecule has 0 saturated heterocycles. The van der Waals surface area contributed by atoms with Gasteiger partial charge in [0.15, 0.2) is 5.65 Å². The van der Waals surface area contributed by atoms with E-state index >= 15 is 0 Å². The zero-order valence-electron chi connectivity index (χ0n) is 15.4. The van der Waals surface area contributed by atoms with E-state index in [0.717, 1.165) is 5.69 Å². The smallest absolute Gasteiger partial charge is 0.264 e. The SMILES string of the molecule is COc1ccc(-n2ncc3c(=O)n(CC(=O)Nc4ccc(Cl)cc4)cnc32)cc1. The molecule has 1 N–H and O–H groups in total. The number of ether oxygens (including phenoxy) is 1. The molecule has 0 radical (unpaired) electrons. The minimum atomic E-state index is -0.349. The van der Waals surface area contributed by atoms with E-state index in [4.69, 9.17) is 16.3 Å². The highest BCUT2D eigenvalue weighted by molar-refractivity contribution is 6.30. The monoisotopic (exact) mass is 409 g/mol. The summed E-state index contributed by atoms with van der Waals surface area (Å²) in [6.45, 7) is -0.169. The van der Waals surface area contributed by atoms with E-state index < -0.39 is 0 Å². The van der Waals surface area contributed by atoms with Crippen molar-refractivity contribution in [2.24, 2.45) is 0 Å². The number of nitrogens with one attached hydrogen (secondary N) is 1. The fourth-order valence-electron chi connectivity index (χ4n) is 2.86. The molecule has 4 rings (SSSR count).